The highest BCUT2D eigenvalue weighted by atomic mass is 35.5. The second kappa shape index (κ2) is 10.9. The third-order valence-electron chi connectivity index (χ3n) is 5.34. The maximum Gasteiger partial charge on any atom is 0.242 e. The number of nitrogens with zero attached hydrogens (tertiary/aromatic N) is 1. The Labute approximate surface area is 193 Å². The highest BCUT2D eigenvalue weighted by molar-refractivity contribution is 6.31. The molecule has 0 saturated heterocycles. The Bertz CT molecular complexity index is 1070. The van der Waals surface area contributed by atoms with Gasteiger partial charge in [0.05, 0.1) is 6.42 Å². The van der Waals surface area contributed by atoms with Gasteiger partial charge < -0.3 is 10.2 Å². The quantitative estimate of drug-likeness (QED) is 0.537. The van der Waals surface area contributed by atoms with E-state index in [9.17, 15) is 14.0 Å². The summed E-state index contributed by atoms with van der Waals surface area (Å²) in [5.74, 6) is -1.20. The molecule has 1 atom stereocenters. The zero-order chi connectivity index (χ0) is 23.1. The number of hydrogen-bond donors (Lipinski definition) is 1. The molecule has 0 aromatic heterocycles. The summed E-state index contributed by atoms with van der Waals surface area (Å²) in [4.78, 5) is 27.9. The molecule has 166 valence electrons. The van der Waals surface area contributed by atoms with Crippen LogP contribution < -0.4 is 5.32 Å². The molecule has 0 radical (unpaired) electrons. The van der Waals surface area contributed by atoms with E-state index in [0.29, 0.717) is 6.42 Å². The lowest BCUT2D eigenvalue weighted by Crippen LogP contribution is -2.50. The number of carbonyl (C=O) groups is 2. The molecule has 3 rings (SSSR count). The van der Waals surface area contributed by atoms with Crippen molar-refractivity contribution in [2.45, 2.75) is 32.4 Å². The highest BCUT2D eigenvalue weighted by Crippen LogP contribution is 2.22. The number of benzene rings is 3. The predicted molar refractivity (Wildman–Crippen MR) is 125 cm³/mol. The first-order valence-corrected chi connectivity index (χ1v) is 10.8. The van der Waals surface area contributed by atoms with E-state index in [-0.39, 0.29) is 35.4 Å². The van der Waals surface area contributed by atoms with E-state index in [0.717, 1.165) is 16.7 Å². The molecule has 1 N–H and O–H groups in total. The van der Waals surface area contributed by atoms with E-state index in [2.05, 4.69) is 5.32 Å². The van der Waals surface area contributed by atoms with E-state index >= 15 is 0 Å². The average Bonchev–Trinajstić information content (AvgIpc) is 2.79. The van der Waals surface area contributed by atoms with Gasteiger partial charge in [-0.1, -0.05) is 77.8 Å². The van der Waals surface area contributed by atoms with Crippen molar-refractivity contribution in [2.75, 3.05) is 7.05 Å². The van der Waals surface area contributed by atoms with Crippen LogP contribution in [0.2, 0.25) is 5.02 Å². The first-order valence-electron chi connectivity index (χ1n) is 10.4. The third kappa shape index (κ3) is 5.95. The van der Waals surface area contributed by atoms with Gasteiger partial charge in [-0.25, -0.2) is 4.39 Å². The maximum absolute atomic E-state index is 14.4. The molecule has 3 aromatic carbocycles. The number of hydrogen-bond acceptors (Lipinski definition) is 2. The Morgan fingerprint density at radius 2 is 1.69 bits per heavy atom. The molecule has 6 heteroatoms. The van der Waals surface area contributed by atoms with Crippen LogP contribution in [-0.2, 0) is 29.0 Å². The van der Waals surface area contributed by atoms with Gasteiger partial charge in [0.15, 0.2) is 0 Å². The molecule has 32 heavy (non-hydrogen) atoms. The molecule has 0 aliphatic heterocycles. The third-order valence-corrected chi connectivity index (χ3v) is 5.70. The zero-order valence-corrected chi connectivity index (χ0v) is 18.9. The molecule has 4 nitrogen and oxygen atoms in total. The highest BCUT2D eigenvalue weighted by Gasteiger charge is 2.30. The Morgan fingerprint density at radius 3 is 2.34 bits per heavy atom. The predicted octanol–water partition coefficient (Wildman–Crippen LogP) is 4.72. The first-order chi connectivity index (χ1) is 15.4. The average molecular weight is 453 g/mol. The van der Waals surface area contributed by atoms with Crippen LogP contribution >= 0.6 is 11.6 Å². The van der Waals surface area contributed by atoms with Crippen molar-refractivity contribution >= 4 is 23.4 Å². The molecule has 0 fully saturated rings. The molecule has 0 spiro atoms. The summed E-state index contributed by atoms with van der Waals surface area (Å²) >= 11 is 6.17. The van der Waals surface area contributed by atoms with Gasteiger partial charge in [0.25, 0.3) is 0 Å². The number of amides is 2. The Balaban J connectivity index is 1.98. The summed E-state index contributed by atoms with van der Waals surface area (Å²) in [7, 11) is 1.55. The lowest BCUT2D eigenvalue weighted by atomic mass is 10.0. The van der Waals surface area contributed by atoms with Crippen molar-refractivity contribution in [3.05, 3.63) is 106 Å². The van der Waals surface area contributed by atoms with Gasteiger partial charge in [-0.15, -0.1) is 0 Å². The van der Waals surface area contributed by atoms with Crippen molar-refractivity contribution in [3.63, 3.8) is 0 Å². The number of likely N-dealkylation sites (N-methyl/N-ethyl adjacent to an activating group) is 1. The van der Waals surface area contributed by atoms with Gasteiger partial charge in [0.1, 0.15) is 11.9 Å². The Kier molecular flexibility index (Phi) is 8.01. The topological polar surface area (TPSA) is 49.4 Å². The van der Waals surface area contributed by atoms with Crippen molar-refractivity contribution < 1.29 is 14.0 Å². The van der Waals surface area contributed by atoms with Crippen LogP contribution in [0.25, 0.3) is 0 Å². The summed E-state index contributed by atoms with van der Waals surface area (Å²) in [6.45, 7) is 2.19. The number of halogens is 2. The van der Waals surface area contributed by atoms with E-state index < -0.39 is 11.9 Å². The summed E-state index contributed by atoms with van der Waals surface area (Å²) in [5, 5.41) is 2.86. The largest absolute Gasteiger partial charge is 0.357 e. The molecule has 0 unspecified atom stereocenters. The summed E-state index contributed by atoms with van der Waals surface area (Å²) in [5.41, 5.74) is 2.99. The number of aryl methyl sites for hydroxylation is 1. The normalized spacial score (nSPS) is 11.6. The fraction of sp³-hybridized carbons (Fsp3) is 0.231. The zero-order valence-electron chi connectivity index (χ0n) is 18.1. The van der Waals surface area contributed by atoms with Crippen LogP contribution in [0.4, 0.5) is 4.39 Å². The Morgan fingerprint density at radius 1 is 1.00 bits per heavy atom. The van der Waals surface area contributed by atoms with Gasteiger partial charge in [-0.3, -0.25) is 9.59 Å². The van der Waals surface area contributed by atoms with Crippen LogP contribution in [0.1, 0.15) is 22.3 Å². The monoisotopic (exact) mass is 452 g/mol. The van der Waals surface area contributed by atoms with Gasteiger partial charge in [0, 0.05) is 30.6 Å². The van der Waals surface area contributed by atoms with Crippen molar-refractivity contribution in [1.29, 1.82) is 0 Å². The van der Waals surface area contributed by atoms with E-state index in [1.54, 1.807) is 13.1 Å². The minimum absolute atomic E-state index is 0.128. The van der Waals surface area contributed by atoms with E-state index in [4.69, 9.17) is 11.6 Å². The molecule has 0 heterocycles. The summed E-state index contributed by atoms with van der Waals surface area (Å²) < 4.78 is 14.4. The number of carbonyl (C=O) groups excluding carboxylic acids is 2. The van der Waals surface area contributed by atoms with Gasteiger partial charge in [0.2, 0.25) is 11.8 Å². The lowest BCUT2D eigenvalue weighted by molar-refractivity contribution is -0.140. The lowest BCUT2D eigenvalue weighted by Gasteiger charge is -2.31. The standard InChI is InChI=1S/C26H26ClFN2O2/c1-18-8-6-11-20(14-18)17-30(25(31)16-21-22(27)12-7-13-23(21)28)24(26(32)29-2)15-19-9-4-3-5-10-19/h3-14,24H,15-17H2,1-2H3,(H,29,32)/t24-/m1/s1. The summed E-state index contributed by atoms with van der Waals surface area (Å²) in [6.07, 6.45) is 0.0999. The SMILES string of the molecule is CNC(=O)[C@@H](Cc1ccccc1)N(Cc1cccc(C)c1)C(=O)Cc1c(F)cccc1Cl. The van der Waals surface area contributed by atoms with Crippen LogP contribution in [-0.4, -0.2) is 29.8 Å². The molecule has 2 amide bonds. The number of rotatable bonds is 8. The van der Waals surface area contributed by atoms with Crippen LogP contribution in [0, 0.1) is 12.7 Å². The number of nitrogens with one attached hydrogen (secondary N) is 1. The molecular formula is C26H26ClFN2O2. The molecule has 0 aliphatic rings. The minimum Gasteiger partial charge on any atom is -0.357 e. The first kappa shape index (κ1) is 23.5. The van der Waals surface area contributed by atoms with Crippen LogP contribution in [0.15, 0.2) is 72.8 Å². The van der Waals surface area contributed by atoms with Crippen LogP contribution in [0.3, 0.4) is 0 Å². The Hall–Kier alpha value is -3.18. The van der Waals surface area contributed by atoms with Crippen molar-refractivity contribution in [3.8, 4) is 0 Å². The molecule has 0 saturated carbocycles. The second-order valence-corrected chi connectivity index (χ2v) is 8.11. The molecule has 0 bridgehead atoms. The summed E-state index contributed by atoms with van der Waals surface area (Å²) in [6, 6.07) is 20.8. The fourth-order valence-electron chi connectivity index (χ4n) is 3.68. The van der Waals surface area contributed by atoms with Crippen molar-refractivity contribution in [1.82, 2.24) is 10.2 Å². The smallest absolute Gasteiger partial charge is 0.242 e. The van der Waals surface area contributed by atoms with Gasteiger partial charge in [-0.2, -0.15) is 0 Å². The van der Waals surface area contributed by atoms with E-state index in [1.807, 2.05) is 61.5 Å². The van der Waals surface area contributed by atoms with Crippen molar-refractivity contribution in [2.24, 2.45) is 0 Å². The van der Waals surface area contributed by atoms with E-state index in [1.165, 1.54) is 17.0 Å². The molecule has 3 aromatic rings. The van der Waals surface area contributed by atoms with Gasteiger partial charge in [-0.05, 0) is 30.2 Å². The maximum atomic E-state index is 14.4. The minimum atomic E-state index is -0.763. The van der Waals surface area contributed by atoms with Crippen LogP contribution in [0.5, 0.6) is 0 Å². The fourth-order valence-corrected chi connectivity index (χ4v) is 3.91. The molecule has 0 aliphatic carbocycles. The van der Waals surface area contributed by atoms with Gasteiger partial charge >= 0.3 is 0 Å². The second-order valence-electron chi connectivity index (χ2n) is 7.71. The molecular weight excluding hydrogens is 427 g/mol.